The molecule has 4 unspecified atom stereocenters. The summed E-state index contributed by atoms with van der Waals surface area (Å²) in [4.78, 5) is 4.69. The fraction of sp³-hybridized carbons (Fsp3) is 0.500. The van der Waals surface area contributed by atoms with E-state index in [0.29, 0.717) is 11.6 Å². The Labute approximate surface area is 181 Å². The third kappa shape index (κ3) is 5.78. The summed E-state index contributed by atoms with van der Waals surface area (Å²) in [5, 5.41) is 15.0. The predicted molar refractivity (Wildman–Crippen MR) is 128 cm³/mol. The lowest BCUT2D eigenvalue weighted by atomic mass is 10.0. The van der Waals surface area contributed by atoms with Crippen LogP contribution < -0.4 is 10.6 Å². The molecule has 1 fully saturated rings. The summed E-state index contributed by atoms with van der Waals surface area (Å²) in [6, 6.07) is 8.95. The summed E-state index contributed by atoms with van der Waals surface area (Å²) < 4.78 is 14.2. The SMILES string of the molecule is CPCCCC1CCC(Nc2nc(C)cc(NC(C)c3ccccc3F)c2C=N)C1. The van der Waals surface area contributed by atoms with Gasteiger partial charge in [-0.1, -0.05) is 24.6 Å². The summed E-state index contributed by atoms with van der Waals surface area (Å²) in [5.74, 6) is 1.33. The number of rotatable bonds is 10. The molecule has 1 aromatic heterocycles. The molecule has 3 rings (SSSR count). The highest BCUT2D eigenvalue weighted by Gasteiger charge is 2.25. The molecule has 3 N–H and O–H groups in total. The molecule has 0 radical (unpaired) electrons. The molecule has 1 aliphatic rings. The van der Waals surface area contributed by atoms with E-state index in [2.05, 4.69) is 17.3 Å². The molecule has 0 saturated heterocycles. The van der Waals surface area contributed by atoms with Crippen molar-refractivity contribution in [2.24, 2.45) is 5.92 Å². The number of halogens is 1. The van der Waals surface area contributed by atoms with E-state index < -0.39 is 0 Å². The van der Waals surface area contributed by atoms with Gasteiger partial charge < -0.3 is 16.0 Å². The molecule has 4 atom stereocenters. The fourth-order valence-electron chi connectivity index (χ4n) is 4.42. The highest BCUT2D eigenvalue weighted by Crippen LogP contribution is 2.34. The van der Waals surface area contributed by atoms with Crippen LogP contribution in [0.25, 0.3) is 0 Å². The van der Waals surface area contributed by atoms with Crippen molar-refractivity contribution < 1.29 is 4.39 Å². The molecule has 0 aliphatic heterocycles. The number of anilines is 2. The zero-order valence-electron chi connectivity index (χ0n) is 18.3. The minimum Gasteiger partial charge on any atom is -0.378 e. The molecule has 1 saturated carbocycles. The van der Waals surface area contributed by atoms with Gasteiger partial charge in [0, 0.05) is 29.2 Å². The predicted octanol–water partition coefficient (Wildman–Crippen LogP) is 6.37. The number of aromatic nitrogens is 1. The van der Waals surface area contributed by atoms with Gasteiger partial charge in [0.2, 0.25) is 0 Å². The van der Waals surface area contributed by atoms with Crippen LogP contribution in [-0.4, -0.2) is 30.1 Å². The number of nitrogens with one attached hydrogen (secondary N) is 3. The average Bonchev–Trinajstić information content (AvgIpc) is 3.15. The Morgan fingerprint density at radius 3 is 2.87 bits per heavy atom. The molecular formula is C24H34FN4P. The second kappa shape index (κ2) is 10.9. The van der Waals surface area contributed by atoms with Gasteiger partial charge in [0.05, 0.1) is 11.6 Å². The Balaban J connectivity index is 1.73. The molecular weight excluding hydrogens is 394 g/mol. The molecule has 4 nitrogen and oxygen atoms in total. The van der Waals surface area contributed by atoms with E-state index >= 15 is 0 Å². The van der Waals surface area contributed by atoms with Gasteiger partial charge in [0.25, 0.3) is 0 Å². The maximum atomic E-state index is 14.2. The smallest absolute Gasteiger partial charge is 0.137 e. The number of hydrogen-bond donors (Lipinski definition) is 3. The van der Waals surface area contributed by atoms with E-state index in [0.717, 1.165) is 43.7 Å². The van der Waals surface area contributed by atoms with Crippen LogP contribution in [0.5, 0.6) is 0 Å². The molecule has 6 heteroatoms. The van der Waals surface area contributed by atoms with Gasteiger partial charge in [0.15, 0.2) is 0 Å². The van der Waals surface area contributed by atoms with E-state index in [1.165, 1.54) is 44.1 Å². The van der Waals surface area contributed by atoms with Crippen molar-refractivity contribution in [2.75, 3.05) is 23.5 Å². The molecule has 0 amide bonds. The Hall–Kier alpha value is -2.00. The zero-order chi connectivity index (χ0) is 21.5. The van der Waals surface area contributed by atoms with Crippen molar-refractivity contribution in [1.82, 2.24) is 4.98 Å². The van der Waals surface area contributed by atoms with Crippen molar-refractivity contribution in [3.63, 3.8) is 0 Å². The minimum absolute atomic E-state index is 0.213. The molecule has 2 aromatic rings. The first kappa shape index (κ1) is 22.7. The van der Waals surface area contributed by atoms with Crippen LogP contribution in [-0.2, 0) is 0 Å². The van der Waals surface area contributed by atoms with Crippen molar-refractivity contribution in [1.29, 1.82) is 5.41 Å². The number of benzene rings is 1. The monoisotopic (exact) mass is 428 g/mol. The van der Waals surface area contributed by atoms with Crippen LogP contribution in [0.1, 0.15) is 61.9 Å². The van der Waals surface area contributed by atoms with Gasteiger partial charge in [-0.2, -0.15) is 0 Å². The van der Waals surface area contributed by atoms with Gasteiger partial charge >= 0.3 is 0 Å². The van der Waals surface area contributed by atoms with Crippen LogP contribution in [0.2, 0.25) is 0 Å². The molecule has 30 heavy (non-hydrogen) atoms. The first-order chi connectivity index (χ1) is 14.5. The summed E-state index contributed by atoms with van der Waals surface area (Å²) in [7, 11) is 1.05. The maximum absolute atomic E-state index is 14.2. The lowest BCUT2D eigenvalue weighted by Crippen LogP contribution is -2.19. The van der Waals surface area contributed by atoms with Crippen LogP contribution in [0, 0.1) is 24.1 Å². The van der Waals surface area contributed by atoms with Crippen molar-refractivity contribution >= 4 is 26.3 Å². The van der Waals surface area contributed by atoms with Gasteiger partial charge in [0.1, 0.15) is 11.6 Å². The topological polar surface area (TPSA) is 60.8 Å². The standard InChI is InChI=1S/C24H34FN4P/c1-16-13-23(28-17(2)20-8-4-5-9-22(20)25)21(15-26)24(27-16)29-19-11-10-18(14-19)7-6-12-30-3/h4-5,8-9,13,15,17-19,26,30H,6-7,10-12,14H2,1-3H3,(H2,27,28,29). The molecule has 0 spiro atoms. The Morgan fingerprint density at radius 1 is 1.33 bits per heavy atom. The molecule has 162 valence electrons. The number of nitrogens with zero attached hydrogens (tertiary/aromatic N) is 1. The zero-order valence-corrected chi connectivity index (χ0v) is 19.3. The Morgan fingerprint density at radius 2 is 2.13 bits per heavy atom. The lowest BCUT2D eigenvalue weighted by Gasteiger charge is -2.22. The molecule has 1 heterocycles. The third-order valence-electron chi connectivity index (χ3n) is 6.00. The van der Waals surface area contributed by atoms with Crippen LogP contribution in [0.15, 0.2) is 30.3 Å². The summed E-state index contributed by atoms with van der Waals surface area (Å²) >= 11 is 0. The normalized spacial score (nSPS) is 19.9. The van der Waals surface area contributed by atoms with E-state index in [4.69, 9.17) is 10.4 Å². The summed E-state index contributed by atoms with van der Waals surface area (Å²) in [6.07, 6.45) is 8.95. The Bertz CT molecular complexity index is 857. The van der Waals surface area contributed by atoms with Gasteiger partial charge in [-0.3, -0.25) is 0 Å². The molecule has 1 aromatic carbocycles. The molecule has 0 bridgehead atoms. The van der Waals surface area contributed by atoms with E-state index in [1.54, 1.807) is 12.1 Å². The van der Waals surface area contributed by atoms with Crippen LogP contribution >= 0.6 is 8.58 Å². The first-order valence-electron chi connectivity index (χ1n) is 11.0. The largest absolute Gasteiger partial charge is 0.378 e. The average molecular weight is 429 g/mol. The highest BCUT2D eigenvalue weighted by atomic mass is 31.1. The summed E-state index contributed by atoms with van der Waals surface area (Å²) in [6.45, 7) is 6.17. The summed E-state index contributed by atoms with van der Waals surface area (Å²) in [5.41, 5.74) is 3.04. The minimum atomic E-state index is -0.223. The number of hydrogen-bond acceptors (Lipinski definition) is 4. The quantitative estimate of drug-likeness (QED) is 0.234. The van der Waals surface area contributed by atoms with E-state index in [-0.39, 0.29) is 11.9 Å². The van der Waals surface area contributed by atoms with E-state index in [1.807, 2.05) is 26.0 Å². The third-order valence-corrected chi connectivity index (χ3v) is 6.85. The van der Waals surface area contributed by atoms with Gasteiger partial charge in [-0.15, -0.1) is 8.58 Å². The fourth-order valence-corrected chi connectivity index (χ4v) is 4.98. The van der Waals surface area contributed by atoms with Crippen LogP contribution in [0.4, 0.5) is 15.9 Å². The highest BCUT2D eigenvalue weighted by molar-refractivity contribution is 7.36. The molecule has 1 aliphatic carbocycles. The maximum Gasteiger partial charge on any atom is 0.137 e. The second-order valence-corrected chi connectivity index (χ2v) is 9.58. The van der Waals surface area contributed by atoms with Gasteiger partial charge in [-0.25, -0.2) is 9.37 Å². The number of pyridine rings is 1. The lowest BCUT2D eigenvalue weighted by molar-refractivity contribution is 0.493. The van der Waals surface area contributed by atoms with Crippen LogP contribution in [0.3, 0.4) is 0 Å². The van der Waals surface area contributed by atoms with E-state index in [9.17, 15) is 4.39 Å². The number of aryl methyl sites for hydroxylation is 1. The Kier molecular flexibility index (Phi) is 8.21. The van der Waals surface area contributed by atoms with Crippen molar-refractivity contribution in [3.05, 3.63) is 53.0 Å². The van der Waals surface area contributed by atoms with Gasteiger partial charge in [-0.05, 0) is 70.4 Å². The van der Waals surface area contributed by atoms with Crippen molar-refractivity contribution in [3.8, 4) is 0 Å². The van der Waals surface area contributed by atoms with Crippen molar-refractivity contribution in [2.45, 2.75) is 58.0 Å². The first-order valence-corrected chi connectivity index (χ1v) is 12.7. The second-order valence-electron chi connectivity index (χ2n) is 8.37.